The Morgan fingerprint density at radius 1 is 0.628 bits per heavy atom. The predicted molar refractivity (Wildman–Crippen MR) is 181 cm³/mol. The summed E-state index contributed by atoms with van der Waals surface area (Å²) < 4.78 is 3.94. The molecule has 0 fully saturated rings. The molecular formula is C28H36Cl4N8S2Zn. The molecule has 0 saturated carbocycles. The van der Waals surface area contributed by atoms with Gasteiger partial charge in [-0.3, -0.25) is 0 Å². The number of halogens is 4. The van der Waals surface area contributed by atoms with Crippen molar-refractivity contribution in [3.8, 4) is 0 Å². The first-order valence-corrected chi connectivity index (χ1v) is 31.4. The minimum absolute atomic E-state index is 0.866. The van der Waals surface area contributed by atoms with Crippen molar-refractivity contribution in [2.75, 3.05) is 36.0 Å². The van der Waals surface area contributed by atoms with Crippen LogP contribution in [-0.4, -0.2) is 26.2 Å². The van der Waals surface area contributed by atoms with Gasteiger partial charge in [0.05, 0.1) is 24.3 Å². The van der Waals surface area contributed by atoms with E-state index in [0.717, 1.165) is 60.7 Å². The molecule has 8 nitrogen and oxygen atoms in total. The van der Waals surface area contributed by atoms with E-state index in [1.165, 1.54) is 11.4 Å². The van der Waals surface area contributed by atoms with Gasteiger partial charge in [-0.2, -0.15) is 0 Å². The number of rotatable bonds is 13. The number of nitrogens with zero attached hydrogens (tertiary/aromatic N) is 8. The molecule has 0 amide bonds. The van der Waals surface area contributed by atoms with Crippen molar-refractivity contribution in [2.24, 2.45) is 34.6 Å². The quantitative estimate of drug-likeness (QED) is 0.0590. The summed E-state index contributed by atoms with van der Waals surface area (Å²) >= 11 is 3.16. The third-order valence-corrected chi connectivity index (χ3v) is 8.00. The average molecular weight is 756 g/mol. The van der Waals surface area contributed by atoms with Gasteiger partial charge in [-0.05, 0) is 108 Å². The van der Waals surface area contributed by atoms with Crippen LogP contribution in [0.2, 0.25) is 0 Å². The molecule has 4 aromatic rings. The van der Waals surface area contributed by atoms with Crippen molar-refractivity contribution in [1.82, 2.24) is 0 Å². The van der Waals surface area contributed by atoms with E-state index in [0.29, 0.717) is 0 Å². The van der Waals surface area contributed by atoms with Gasteiger partial charge in [0.2, 0.25) is 0 Å². The molecule has 0 bridgehead atoms. The number of aromatic nitrogens is 2. The Labute approximate surface area is 281 Å². The number of hydrogen-bond acceptors (Lipinski definition) is 8. The summed E-state index contributed by atoms with van der Waals surface area (Å²) in [6.45, 7) is 8.42. The second-order valence-corrected chi connectivity index (χ2v) is 39.0. The first-order chi connectivity index (χ1) is 20.6. The number of hydrogen-bond donors (Lipinski definition) is 0. The molecule has 15 heteroatoms. The molecule has 0 aliphatic rings. The topological polar surface area (TPSA) is 63.7 Å². The van der Waals surface area contributed by atoms with Gasteiger partial charge in [0.15, 0.2) is 0 Å². The molecule has 230 valence electrons. The Balaban J connectivity index is 0.000000934. The maximum atomic E-state index is 5.05. The number of azo groups is 2. The molecule has 0 saturated heterocycles. The van der Waals surface area contributed by atoms with E-state index in [-0.39, 0.29) is 0 Å². The molecule has 0 atom stereocenters. The monoisotopic (exact) mass is 752 g/mol. The van der Waals surface area contributed by atoms with Crippen LogP contribution in [0.4, 0.5) is 33.0 Å². The zero-order valence-corrected chi connectivity index (χ0v) is 32.4. The number of thiazole rings is 2. The van der Waals surface area contributed by atoms with Crippen LogP contribution in [0.1, 0.15) is 26.7 Å². The van der Waals surface area contributed by atoms with Gasteiger partial charge < -0.3 is 9.80 Å². The molecular weight excluding hydrogens is 720 g/mol. The fourth-order valence-corrected chi connectivity index (χ4v) is 5.41. The van der Waals surface area contributed by atoms with Crippen LogP contribution in [0, 0.1) is 0 Å². The molecule has 2 aromatic carbocycles. The van der Waals surface area contributed by atoms with E-state index < -0.39 is 10.8 Å². The number of anilines is 2. The van der Waals surface area contributed by atoms with Gasteiger partial charge in [-0.15, -0.1) is 0 Å². The SMILES string of the molecule is CCN(CCCCN(CC)c1ccc(N=Nc2scc[n+]2C)cc1)c1ccc(N=Nc2scc[n+]2C)cc1.[Cl][Zn-2]([Cl])([Cl])[Cl]. The molecule has 0 aliphatic heterocycles. The fourth-order valence-electron chi connectivity index (χ4n) is 4.05. The minimum atomic E-state index is -3.36. The van der Waals surface area contributed by atoms with Crippen molar-refractivity contribution in [2.45, 2.75) is 26.7 Å². The molecule has 0 spiro atoms. The summed E-state index contributed by atoms with van der Waals surface area (Å²) in [4.78, 5) is 4.84. The van der Waals surface area contributed by atoms with Crippen LogP contribution in [0.25, 0.3) is 0 Å². The Bertz CT molecular complexity index is 1330. The van der Waals surface area contributed by atoms with Gasteiger partial charge in [0, 0.05) is 48.3 Å². The van der Waals surface area contributed by atoms with E-state index in [4.69, 9.17) is 38.8 Å². The molecule has 4 rings (SSSR count). The molecule has 0 unspecified atom stereocenters. The van der Waals surface area contributed by atoms with Crippen molar-refractivity contribution in [3.05, 3.63) is 71.7 Å². The van der Waals surface area contributed by atoms with Gasteiger partial charge in [-0.25, -0.2) is 9.13 Å². The molecule has 2 aromatic heterocycles. The Morgan fingerprint density at radius 2 is 0.977 bits per heavy atom. The summed E-state index contributed by atoms with van der Waals surface area (Å²) in [5, 5.41) is 23.2. The first-order valence-electron chi connectivity index (χ1n) is 14.0. The van der Waals surface area contributed by atoms with E-state index in [9.17, 15) is 0 Å². The summed E-state index contributed by atoms with van der Waals surface area (Å²) in [5.74, 6) is 0. The number of aryl methyl sites for hydroxylation is 2. The second kappa shape index (κ2) is 18.3. The van der Waals surface area contributed by atoms with E-state index in [1.54, 1.807) is 22.7 Å². The zero-order valence-electron chi connectivity index (χ0n) is 24.8. The van der Waals surface area contributed by atoms with E-state index in [2.05, 4.69) is 68.4 Å². The van der Waals surface area contributed by atoms with Gasteiger partial charge in [0.1, 0.15) is 23.8 Å². The second-order valence-electron chi connectivity index (χ2n) is 9.50. The van der Waals surface area contributed by atoms with E-state index >= 15 is 0 Å². The van der Waals surface area contributed by atoms with Crippen LogP contribution in [0.3, 0.4) is 0 Å². The summed E-state index contributed by atoms with van der Waals surface area (Å²) in [6.07, 6.45) is 6.23. The molecule has 0 aliphatic carbocycles. The summed E-state index contributed by atoms with van der Waals surface area (Å²) in [6, 6.07) is 16.7. The van der Waals surface area contributed by atoms with Crippen molar-refractivity contribution >= 4 is 94.5 Å². The summed E-state index contributed by atoms with van der Waals surface area (Å²) in [5.41, 5.74) is 4.18. The van der Waals surface area contributed by atoms with Crippen LogP contribution in [0.5, 0.6) is 0 Å². The van der Waals surface area contributed by atoms with Crippen LogP contribution < -0.4 is 18.9 Å². The fraction of sp³-hybridized carbons (Fsp3) is 0.357. The van der Waals surface area contributed by atoms with Crippen LogP contribution in [0.15, 0.2) is 92.1 Å². The van der Waals surface area contributed by atoms with E-state index in [1.807, 2.05) is 70.6 Å². The maximum absolute atomic E-state index is 5.05. The molecule has 43 heavy (non-hydrogen) atoms. The normalized spacial score (nSPS) is 11.6. The third kappa shape index (κ3) is 13.0. The Morgan fingerprint density at radius 3 is 1.26 bits per heavy atom. The van der Waals surface area contributed by atoms with Crippen molar-refractivity contribution < 1.29 is 19.9 Å². The van der Waals surface area contributed by atoms with Gasteiger partial charge >= 0.3 is 59.8 Å². The summed E-state index contributed by atoms with van der Waals surface area (Å²) in [7, 11) is 20.8. The molecule has 0 N–H and O–H groups in total. The number of benzene rings is 2. The standard InChI is InChI=1S/C28H36N8S2.4ClH.Zn/c1-5-35(25-13-9-23(10-14-25)29-31-27-33(3)19-21-37-27)17-7-8-18-36(6-2)26-15-11-24(12-16-26)30-32-28-34(4)20-22-38-28;;;;;/h9-16,19-22H,5-8,17-18H2,1-4H3;4*1H;/q+2;;;;;+2/p-4. The predicted octanol–water partition coefficient (Wildman–Crippen LogP) is 10.2. The molecule has 0 radical (unpaired) electrons. The van der Waals surface area contributed by atoms with Crippen LogP contribution >= 0.6 is 61.4 Å². The number of unbranched alkanes of at least 4 members (excludes halogenated alkanes) is 1. The third-order valence-electron chi connectivity index (χ3n) is 6.32. The van der Waals surface area contributed by atoms with Gasteiger partial charge in [-0.1, -0.05) is 0 Å². The average Bonchev–Trinajstić information content (AvgIpc) is 3.59. The van der Waals surface area contributed by atoms with Gasteiger partial charge in [0.25, 0.3) is 0 Å². The van der Waals surface area contributed by atoms with Crippen LogP contribution in [-0.2, 0) is 24.9 Å². The Hall–Kier alpha value is -1.72. The van der Waals surface area contributed by atoms with Crippen molar-refractivity contribution in [3.63, 3.8) is 0 Å². The first kappa shape index (κ1) is 35.8. The Kier molecular flexibility index (Phi) is 15.2. The zero-order chi connectivity index (χ0) is 31.2. The van der Waals surface area contributed by atoms with Crippen molar-refractivity contribution in [1.29, 1.82) is 0 Å². The molecule has 2 heterocycles.